The molecule has 0 aliphatic heterocycles. The highest BCUT2D eigenvalue weighted by molar-refractivity contribution is 5.59. The lowest BCUT2D eigenvalue weighted by atomic mass is 10.2. The topological polar surface area (TPSA) is 68.1 Å². The van der Waals surface area contributed by atoms with E-state index < -0.39 is 4.92 Å². The maximum atomic E-state index is 13.4. The predicted molar refractivity (Wildman–Crippen MR) is 64.6 cm³/mol. The van der Waals surface area contributed by atoms with Crippen molar-refractivity contribution in [1.82, 2.24) is 4.98 Å². The van der Waals surface area contributed by atoms with Crippen LogP contribution in [0.4, 0.5) is 15.8 Å². The van der Waals surface area contributed by atoms with Crippen LogP contribution in [0.2, 0.25) is 0 Å². The minimum absolute atomic E-state index is 0.131. The van der Waals surface area contributed by atoms with Gasteiger partial charge in [0.2, 0.25) is 0 Å². The lowest BCUT2D eigenvalue weighted by molar-refractivity contribution is -0.384. The van der Waals surface area contributed by atoms with Crippen LogP contribution in [0.1, 0.15) is 5.56 Å². The van der Waals surface area contributed by atoms with E-state index in [9.17, 15) is 14.5 Å². The minimum atomic E-state index is -0.531. The SMILES string of the molecule is O=[N+]([O-])c1cnccc1NCc1ccccc1F. The lowest BCUT2D eigenvalue weighted by Gasteiger charge is -2.07. The first-order valence-electron chi connectivity index (χ1n) is 5.24. The van der Waals surface area contributed by atoms with Gasteiger partial charge in [-0.2, -0.15) is 0 Å². The molecule has 92 valence electrons. The summed E-state index contributed by atoms with van der Waals surface area (Å²) in [6, 6.07) is 7.75. The van der Waals surface area contributed by atoms with Crippen molar-refractivity contribution in [2.45, 2.75) is 6.54 Å². The predicted octanol–water partition coefficient (Wildman–Crippen LogP) is 2.74. The highest BCUT2D eigenvalue weighted by Crippen LogP contribution is 2.22. The van der Waals surface area contributed by atoms with Crippen LogP contribution in [-0.4, -0.2) is 9.91 Å². The Bertz CT molecular complexity index is 575. The molecule has 1 aromatic heterocycles. The van der Waals surface area contributed by atoms with E-state index in [0.29, 0.717) is 11.3 Å². The molecule has 0 aliphatic rings. The summed E-state index contributed by atoms with van der Waals surface area (Å²) in [4.78, 5) is 13.9. The third kappa shape index (κ3) is 2.60. The van der Waals surface area contributed by atoms with Crippen LogP contribution >= 0.6 is 0 Å². The number of benzene rings is 1. The van der Waals surface area contributed by atoms with E-state index in [1.165, 1.54) is 18.3 Å². The number of nitrogens with zero attached hydrogens (tertiary/aromatic N) is 2. The number of anilines is 1. The normalized spacial score (nSPS) is 10.1. The summed E-state index contributed by atoms with van der Waals surface area (Å²) in [5, 5.41) is 13.6. The van der Waals surface area contributed by atoms with Gasteiger partial charge in [-0.3, -0.25) is 15.1 Å². The fourth-order valence-corrected chi connectivity index (χ4v) is 1.51. The Morgan fingerprint density at radius 2 is 2.11 bits per heavy atom. The van der Waals surface area contributed by atoms with E-state index in [1.807, 2.05) is 0 Å². The fraction of sp³-hybridized carbons (Fsp3) is 0.0833. The number of aromatic nitrogens is 1. The Kier molecular flexibility index (Phi) is 3.47. The zero-order chi connectivity index (χ0) is 13.0. The van der Waals surface area contributed by atoms with E-state index in [-0.39, 0.29) is 18.0 Å². The molecule has 0 amide bonds. The number of halogens is 1. The van der Waals surface area contributed by atoms with Gasteiger partial charge in [-0.1, -0.05) is 18.2 Å². The monoisotopic (exact) mass is 247 g/mol. The molecule has 0 bridgehead atoms. The second-order valence-electron chi connectivity index (χ2n) is 3.59. The average Bonchev–Trinajstić information content (AvgIpc) is 2.38. The van der Waals surface area contributed by atoms with Crippen molar-refractivity contribution in [3.63, 3.8) is 0 Å². The van der Waals surface area contributed by atoms with Gasteiger partial charge in [-0.15, -0.1) is 0 Å². The molecule has 0 saturated heterocycles. The van der Waals surface area contributed by atoms with Gasteiger partial charge in [-0.25, -0.2) is 4.39 Å². The fourth-order valence-electron chi connectivity index (χ4n) is 1.51. The number of pyridine rings is 1. The average molecular weight is 247 g/mol. The molecule has 1 N–H and O–H groups in total. The summed E-state index contributed by atoms with van der Waals surface area (Å²) in [7, 11) is 0. The van der Waals surface area contributed by atoms with Gasteiger partial charge in [0.05, 0.1) is 4.92 Å². The van der Waals surface area contributed by atoms with Gasteiger partial charge < -0.3 is 5.32 Å². The molecule has 0 aliphatic carbocycles. The Morgan fingerprint density at radius 3 is 2.83 bits per heavy atom. The molecular formula is C12H10FN3O2. The van der Waals surface area contributed by atoms with Crippen LogP contribution < -0.4 is 5.32 Å². The first-order valence-corrected chi connectivity index (χ1v) is 5.24. The first-order chi connectivity index (χ1) is 8.68. The molecule has 0 fully saturated rings. The molecule has 1 aromatic carbocycles. The van der Waals surface area contributed by atoms with Crippen LogP contribution in [-0.2, 0) is 6.54 Å². The Balaban J connectivity index is 2.16. The quantitative estimate of drug-likeness (QED) is 0.666. The van der Waals surface area contributed by atoms with Crippen molar-refractivity contribution in [2.24, 2.45) is 0 Å². The van der Waals surface area contributed by atoms with Crippen LogP contribution in [0.5, 0.6) is 0 Å². The van der Waals surface area contributed by atoms with E-state index in [0.717, 1.165) is 6.20 Å². The van der Waals surface area contributed by atoms with Gasteiger partial charge in [0, 0.05) is 18.3 Å². The molecule has 6 heteroatoms. The van der Waals surface area contributed by atoms with Crippen LogP contribution in [0, 0.1) is 15.9 Å². The Morgan fingerprint density at radius 1 is 1.33 bits per heavy atom. The second-order valence-corrected chi connectivity index (χ2v) is 3.59. The number of rotatable bonds is 4. The largest absolute Gasteiger partial charge is 0.375 e. The first kappa shape index (κ1) is 12.0. The van der Waals surface area contributed by atoms with Gasteiger partial charge >= 0.3 is 5.69 Å². The summed E-state index contributed by atoms with van der Waals surface area (Å²) in [5.41, 5.74) is 0.635. The molecule has 18 heavy (non-hydrogen) atoms. The minimum Gasteiger partial charge on any atom is -0.375 e. The van der Waals surface area contributed by atoms with Crippen molar-refractivity contribution in [1.29, 1.82) is 0 Å². The molecule has 0 radical (unpaired) electrons. The maximum absolute atomic E-state index is 13.4. The van der Waals surface area contributed by atoms with Crippen molar-refractivity contribution >= 4 is 11.4 Å². The van der Waals surface area contributed by atoms with Gasteiger partial charge in [0.15, 0.2) is 0 Å². The molecule has 0 saturated carbocycles. The number of nitrogens with one attached hydrogen (secondary N) is 1. The van der Waals surface area contributed by atoms with Crippen molar-refractivity contribution in [2.75, 3.05) is 5.32 Å². The van der Waals surface area contributed by atoms with Gasteiger partial charge in [0.1, 0.15) is 17.7 Å². The molecule has 0 spiro atoms. The Labute approximate surface area is 102 Å². The van der Waals surface area contributed by atoms with E-state index >= 15 is 0 Å². The van der Waals surface area contributed by atoms with E-state index in [4.69, 9.17) is 0 Å². The van der Waals surface area contributed by atoms with Crippen molar-refractivity contribution in [3.8, 4) is 0 Å². The molecule has 2 aromatic rings. The lowest BCUT2D eigenvalue weighted by Crippen LogP contribution is -2.04. The van der Waals surface area contributed by atoms with Crippen molar-refractivity contribution in [3.05, 3.63) is 64.2 Å². The van der Waals surface area contributed by atoms with Gasteiger partial charge in [0.25, 0.3) is 0 Å². The summed E-state index contributed by atoms with van der Waals surface area (Å²) < 4.78 is 13.4. The molecule has 2 rings (SSSR count). The summed E-state index contributed by atoms with van der Waals surface area (Å²) in [6.45, 7) is 0.178. The highest BCUT2D eigenvalue weighted by atomic mass is 19.1. The van der Waals surface area contributed by atoms with E-state index in [1.54, 1.807) is 18.2 Å². The Hall–Kier alpha value is -2.50. The number of hydrogen-bond acceptors (Lipinski definition) is 4. The molecular weight excluding hydrogens is 237 g/mol. The van der Waals surface area contributed by atoms with E-state index in [2.05, 4.69) is 10.3 Å². The highest BCUT2D eigenvalue weighted by Gasteiger charge is 2.13. The van der Waals surface area contributed by atoms with Crippen LogP contribution in [0.25, 0.3) is 0 Å². The molecule has 1 heterocycles. The smallest absolute Gasteiger partial charge is 0.310 e. The standard InChI is InChI=1S/C12H10FN3O2/c13-10-4-2-1-3-9(10)7-15-11-5-6-14-8-12(11)16(17)18/h1-6,8H,7H2,(H,14,15). The third-order valence-electron chi connectivity index (χ3n) is 2.42. The summed E-state index contributed by atoms with van der Waals surface area (Å²) >= 11 is 0. The van der Waals surface area contributed by atoms with Crippen LogP contribution in [0.15, 0.2) is 42.7 Å². The zero-order valence-corrected chi connectivity index (χ0v) is 9.34. The third-order valence-corrected chi connectivity index (χ3v) is 2.42. The zero-order valence-electron chi connectivity index (χ0n) is 9.34. The second kappa shape index (κ2) is 5.22. The van der Waals surface area contributed by atoms with Gasteiger partial charge in [-0.05, 0) is 12.1 Å². The molecule has 5 nitrogen and oxygen atoms in total. The molecule has 0 atom stereocenters. The van der Waals surface area contributed by atoms with Crippen LogP contribution in [0.3, 0.4) is 0 Å². The summed E-state index contributed by atoms with van der Waals surface area (Å²) in [6.07, 6.45) is 2.60. The molecule has 0 unspecified atom stereocenters. The summed E-state index contributed by atoms with van der Waals surface area (Å²) in [5.74, 6) is -0.346. The maximum Gasteiger partial charge on any atom is 0.310 e. The number of hydrogen-bond donors (Lipinski definition) is 1. The van der Waals surface area contributed by atoms with Crippen molar-refractivity contribution < 1.29 is 9.31 Å². The number of nitro groups is 1.